The van der Waals surface area contributed by atoms with Crippen LogP contribution < -0.4 is 5.32 Å². The molecule has 2 aromatic rings. The largest absolute Gasteiger partial charge is 0.350 e. The second-order valence-corrected chi connectivity index (χ2v) is 10.1. The van der Waals surface area contributed by atoms with Crippen LogP contribution in [0.3, 0.4) is 0 Å². The van der Waals surface area contributed by atoms with Gasteiger partial charge in [-0.25, -0.2) is 0 Å². The Morgan fingerprint density at radius 2 is 1.66 bits per heavy atom. The van der Waals surface area contributed by atoms with Crippen LogP contribution in [0.25, 0.3) is 0 Å². The number of amides is 2. The van der Waals surface area contributed by atoms with Gasteiger partial charge in [-0.05, 0) is 62.3 Å². The van der Waals surface area contributed by atoms with Gasteiger partial charge in [0.15, 0.2) is 0 Å². The highest BCUT2D eigenvalue weighted by molar-refractivity contribution is 6.31. The zero-order valence-electron chi connectivity index (χ0n) is 20.2. The van der Waals surface area contributed by atoms with E-state index in [0.29, 0.717) is 36.7 Å². The number of rotatable bonds is 9. The lowest BCUT2D eigenvalue weighted by Crippen LogP contribution is -2.53. The number of halogens is 1. The number of benzene rings is 2. The molecule has 5 heteroatoms. The molecule has 4 nitrogen and oxygen atoms in total. The fourth-order valence-electron chi connectivity index (χ4n) is 3.65. The van der Waals surface area contributed by atoms with Gasteiger partial charge in [0.25, 0.3) is 0 Å². The summed E-state index contributed by atoms with van der Waals surface area (Å²) in [6.07, 6.45) is 1.50. The standard InChI is InChI=1S/C27H37ClN2O2/c1-7-24(26(32)29-27(4,5)6)30(18-22-10-8-9-11-23(22)28)25(31)17-14-20-12-15-21(16-13-20)19(2)3/h8-13,15-16,19,24H,7,14,17-18H2,1-6H3,(H,29,32). The molecule has 0 saturated carbocycles. The van der Waals surface area contributed by atoms with E-state index in [4.69, 9.17) is 11.6 Å². The number of nitrogens with zero attached hydrogens (tertiary/aromatic N) is 1. The molecule has 0 radical (unpaired) electrons. The molecule has 0 aromatic heterocycles. The van der Waals surface area contributed by atoms with Crippen LogP contribution in [0, 0.1) is 0 Å². The fourth-order valence-corrected chi connectivity index (χ4v) is 3.84. The first-order valence-corrected chi connectivity index (χ1v) is 11.8. The summed E-state index contributed by atoms with van der Waals surface area (Å²) >= 11 is 6.38. The molecule has 0 spiro atoms. The summed E-state index contributed by atoms with van der Waals surface area (Å²) < 4.78 is 0. The minimum absolute atomic E-state index is 0.0474. The van der Waals surface area contributed by atoms with E-state index in [2.05, 4.69) is 43.4 Å². The van der Waals surface area contributed by atoms with E-state index < -0.39 is 6.04 Å². The zero-order valence-corrected chi connectivity index (χ0v) is 21.0. The van der Waals surface area contributed by atoms with Crippen molar-refractivity contribution in [3.05, 3.63) is 70.2 Å². The third-order valence-corrected chi connectivity index (χ3v) is 5.83. The van der Waals surface area contributed by atoms with E-state index in [1.165, 1.54) is 5.56 Å². The second kappa shape index (κ2) is 11.5. The van der Waals surface area contributed by atoms with Gasteiger partial charge in [0, 0.05) is 23.5 Å². The number of carbonyl (C=O) groups is 2. The SMILES string of the molecule is CCC(C(=O)NC(C)(C)C)N(Cc1ccccc1Cl)C(=O)CCc1ccc(C(C)C)cc1. The molecule has 174 valence electrons. The smallest absolute Gasteiger partial charge is 0.243 e. The van der Waals surface area contributed by atoms with Gasteiger partial charge in [0.05, 0.1) is 0 Å². The average molecular weight is 457 g/mol. The van der Waals surface area contributed by atoms with Gasteiger partial charge in [0.1, 0.15) is 6.04 Å². The number of carbonyl (C=O) groups excluding carboxylic acids is 2. The van der Waals surface area contributed by atoms with Crippen molar-refractivity contribution >= 4 is 23.4 Å². The third-order valence-electron chi connectivity index (χ3n) is 5.46. The molecule has 32 heavy (non-hydrogen) atoms. The highest BCUT2D eigenvalue weighted by Gasteiger charge is 2.30. The Bertz CT molecular complexity index is 901. The maximum absolute atomic E-state index is 13.4. The number of nitrogens with one attached hydrogen (secondary N) is 1. The summed E-state index contributed by atoms with van der Waals surface area (Å²) in [7, 11) is 0. The maximum Gasteiger partial charge on any atom is 0.243 e. The Hall–Kier alpha value is -2.33. The van der Waals surface area contributed by atoms with Crippen LogP contribution in [-0.2, 0) is 22.6 Å². The monoisotopic (exact) mass is 456 g/mol. The Morgan fingerprint density at radius 3 is 2.19 bits per heavy atom. The Kier molecular flexibility index (Phi) is 9.33. The Labute approximate surface area is 198 Å². The number of hydrogen-bond acceptors (Lipinski definition) is 2. The Balaban J connectivity index is 2.22. The second-order valence-electron chi connectivity index (χ2n) is 9.67. The number of hydrogen-bond donors (Lipinski definition) is 1. The first-order chi connectivity index (χ1) is 15.0. The van der Waals surface area contributed by atoms with Gasteiger partial charge in [0.2, 0.25) is 11.8 Å². The zero-order chi connectivity index (χ0) is 23.9. The molecule has 0 aliphatic rings. The normalized spacial score (nSPS) is 12.5. The van der Waals surface area contributed by atoms with Gasteiger partial charge < -0.3 is 10.2 Å². The summed E-state index contributed by atoms with van der Waals surface area (Å²) in [4.78, 5) is 28.1. The lowest BCUT2D eigenvalue weighted by molar-refractivity contribution is -0.142. The van der Waals surface area contributed by atoms with E-state index >= 15 is 0 Å². The molecule has 0 aliphatic carbocycles. The molecule has 0 bridgehead atoms. The molecule has 2 aromatic carbocycles. The summed E-state index contributed by atoms with van der Waals surface area (Å²) in [5.41, 5.74) is 2.87. The lowest BCUT2D eigenvalue weighted by atomic mass is 10.00. The average Bonchev–Trinajstić information content (AvgIpc) is 2.72. The van der Waals surface area contributed by atoms with Crippen molar-refractivity contribution in [3.8, 4) is 0 Å². The van der Waals surface area contributed by atoms with Gasteiger partial charge in [-0.15, -0.1) is 0 Å². The van der Waals surface area contributed by atoms with Crippen LogP contribution in [0.2, 0.25) is 5.02 Å². The van der Waals surface area contributed by atoms with Crippen molar-refractivity contribution in [2.45, 2.75) is 84.8 Å². The van der Waals surface area contributed by atoms with E-state index in [0.717, 1.165) is 11.1 Å². The molecule has 0 aliphatic heterocycles. The summed E-state index contributed by atoms with van der Waals surface area (Å²) in [6.45, 7) is 12.4. The van der Waals surface area contributed by atoms with E-state index in [-0.39, 0.29) is 17.4 Å². The van der Waals surface area contributed by atoms with E-state index in [1.807, 2.05) is 52.0 Å². The topological polar surface area (TPSA) is 49.4 Å². The van der Waals surface area contributed by atoms with Crippen LogP contribution in [0.1, 0.15) is 77.0 Å². The molecule has 0 saturated heterocycles. The molecular weight excluding hydrogens is 420 g/mol. The highest BCUT2D eigenvalue weighted by atomic mass is 35.5. The Morgan fingerprint density at radius 1 is 1.03 bits per heavy atom. The predicted octanol–water partition coefficient (Wildman–Crippen LogP) is 6.12. The van der Waals surface area contributed by atoms with Crippen LogP contribution in [0.4, 0.5) is 0 Å². The fraction of sp³-hybridized carbons (Fsp3) is 0.481. The molecule has 1 atom stereocenters. The van der Waals surface area contributed by atoms with Gasteiger partial charge in [-0.3, -0.25) is 9.59 Å². The molecule has 0 heterocycles. The van der Waals surface area contributed by atoms with Gasteiger partial charge in [-0.1, -0.05) is 74.8 Å². The third kappa shape index (κ3) is 7.67. The van der Waals surface area contributed by atoms with Crippen molar-refractivity contribution in [1.29, 1.82) is 0 Å². The van der Waals surface area contributed by atoms with Gasteiger partial charge in [-0.2, -0.15) is 0 Å². The van der Waals surface area contributed by atoms with Crippen molar-refractivity contribution in [3.63, 3.8) is 0 Å². The quantitative estimate of drug-likeness (QED) is 0.494. The molecular formula is C27H37ClN2O2. The molecule has 1 N–H and O–H groups in total. The summed E-state index contributed by atoms with van der Waals surface area (Å²) in [6, 6.07) is 15.3. The number of aryl methyl sites for hydroxylation is 1. The predicted molar refractivity (Wildman–Crippen MR) is 133 cm³/mol. The molecule has 2 amide bonds. The summed E-state index contributed by atoms with van der Waals surface area (Å²) in [5, 5.41) is 3.63. The van der Waals surface area contributed by atoms with E-state index in [1.54, 1.807) is 4.90 Å². The first kappa shape index (κ1) is 25.9. The molecule has 2 rings (SSSR count). The minimum Gasteiger partial charge on any atom is -0.350 e. The van der Waals surface area contributed by atoms with Crippen LogP contribution in [-0.4, -0.2) is 28.3 Å². The summed E-state index contributed by atoms with van der Waals surface area (Å²) in [5.74, 6) is 0.291. The van der Waals surface area contributed by atoms with E-state index in [9.17, 15) is 9.59 Å². The maximum atomic E-state index is 13.4. The van der Waals surface area contributed by atoms with Crippen LogP contribution >= 0.6 is 11.6 Å². The molecule has 0 fully saturated rings. The van der Waals surface area contributed by atoms with Crippen molar-refractivity contribution < 1.29 is 9.59 Å². The van der Waals surface area contributed by atoms with Crippen LogP contribution in [0.5, 0.6) is 0 Å². The minimum atomic E-state index is -0.554. The van der Waals surface area contributed by atoms with Crippen molar-refractivity contribution in [2.24, 2.45) is 0 Å². The van der Waals surface area contributed by atoms with Crippen LogP contribution in [0.15, 0.2) is 48.5 Å². The van der Waals surface area contributed by atoms with Crippen molar-refractivity contribution in [1.82, 2.24) is 10.2 Å². The lowest BCUT2D eigenvalue weighted by Gasteiger charge is -2.33. The molecule has 1 unspecified atom stereocenters. The highest BCUT2D eigenvalue weighted by Crippen LogP contribution is 2.22. The van der Waals surface area contributed by atoms with Gasteiger partial charge >= 0.3 is 0 Å². The van der Waals surface area contributed by atoms with Crippen molar-refractivity contribution in [2.75, 3.05) is 0 Å². The first-order valence-electron chi connectivity index (χ1n) is 11.5.